The van der Waals surface area contributed by atoms with Crippen LogP contribution in [0.1, 0.15) is 32.8 Å². The largest absolute Gasteiger partial charge is 0.444 e. The van der Waals surface area contributed by atoms with Gasteiger partial charge in [-0.1, -0.05) is 30.3 Å². The zero-order valence-electron chi connectivity index (χ0n) is 17.3. The Balaban J connectivity index is 1.54. The number of rotatable bonds is 6. The summed E-state index contributed by atoms with van der Waals surface area (Å²) in [6.45, 7) is 8.45. The van der Waals surface area contributed by atoms with Crippen molar-refractivity contribution in [2.24, 2.45) is 5.92 Å². The van der Waals surface area contributed by atoms with Gasteiger partial charge in [0.25, 0.3) is 0 Å². The first-order valence-electron chi connectivity index (χ1n) is 9.92. The van der Waals surface area contributed by atoms with Crippen molar-refractivity contribution in [1.29, 1.82) is 0 Å². The molecule has 0 saturated carbocycles. The van der Waals surface area contributed by atoms with E-state index >= 15 is 0 Å². The number of alkyl carbamates (subject to hydrolysis) is 1. The normalized spacial score (nSPS) is 16.5. The van der Waals surface area contributed by atoms with Crippen molar-refractivity contribution >= 4 is 23.7 Å². The van der Waals surface area contributed by atoms with Crippen molar-refractivity contribution in [2.75, 3.05) is 35.6 Å². The molecule has 2 aromatic rings. The number of nitrogens with zero attached hydrogens (tertiary/aromatic N) is 3. The molecule has 0 unspecified atom stereocenters. The van der Waals surface area contributed by atoms with Gasteiger partial charge in [-0.05, 0) is 38.7 Å². The Hall–Kier alpha value is -3.03. The lowest BCUT2D eigenvalue weighted by Crippen LogP contribution is -2.36. The van der Waals surface area contributed by atoms with Gasteiger partial charge in [0, 0.05) is 32.2 Å². The summed E-state index contributed by atoms with van der Waals surface area (Å²) in [6.07, 6.45) is 0.585. The smallest absolute Gasteiger partial charge is 0.407 e. The molecule has 0 spiro atoms. The number of carbonyl (C=O) groups is 1. The molecule has 1 aromatic carbocycles. The van der Waals surface area contributed by atoms with Gasteiger partial charge in [-0.2, -0.15) is 9.97 Å². The van der Waals surface area contributed by atoms with E-state index in [1.807, 2.05) is 45.0 Å². The maximum Gasteiger partial charge on any atom is 0.407 e. The summed E-state index contributed by atoms with van der Waals surface area (Å²) < 4.78 is 5.29. The number of carbonyl (C=O) groups excluding carboxylic acids is 1. The molecule has 3 rings (SSSR count). The molecule has 1 atom stereocenters. The van der Waals surface area contributed by atoms with E-state index in [1.165, 1.54) is 5.56 Å². The van der Waals surface area contributed by atoms with Crippen LogP contribution in [0.15, 0.2) is 36.4 Å². The topological polar surface area (TPSA) is 105 Å². The molecule has 1 aliphatic heterocycles. The van der Waals surface area contributed by atoms with Gasteiger partial charge in [0.1, 0.15) is 17.2 Å². The van der Waals surface area contributed by atoms with E-state index in [0.717, 1.165) is 25.3 Å². The lowest BCUT2D eigenvalue weighted by Gasteiger charge is -2.21. The van der Waals surface area contributed by atoms with E-state index < -0.39 is 5.60 Å². The molecule has 1 amide bonds. The maximum atomic E-state index is 11.9. The monoisotopic (exact) mass is 398 g/mol. The zero-order valence-corrected chi connectivity index (χ0v) is 17.3. The first-order chi connectivity index (χ1) is 13.8. The van der Waals surface area contributed by atoms with E-state index in [1.54, 1.807) is 0 Å². The first kappa shape index (κ1) is 20.7. The third kappa shape index (κ3) is 6.51. The summed E-state index contributed by atoms with van der Waals surface area (Å²) in [6, 6.07) is 12.0. The van der Waals surface area contributed by atoms with Crippen LogP contribution in [-0.2, 0) is 11.3 Å². The molecule has 8 heteroatoms. The molecule has 1 aromatic heterocycles. The fraction of sp³-hybridized carbons (Fsp3) is 0.476. The minimum Gasteiger partial charge on any atom is -0.444 e. The standard InChI is InChI=1S/C21H30N6O2/c1-21(2,3)29-20(28)24-13-16-9-10-27(14-16)18-11-17(25-19(22)26-18)23-12-15-7-5-4-6-8-15/h4-8,11,16H,9-10,12-14H2,1-3H3,(H,24,28)(H3,22,23,25,26)/t16-/m1/s1. The van der Waals surface area contributed by atoms with E-state index in [9.17, 15) is 4.79 Å². The molecule has 156 valence electrons. The highest BCUT2D eigenvalue weighted by Gasteiger charge is 2.25. The summed E-state index contributed by atoms with van der Waals surface area (Å²) in [5.74, 6) is 2.08. The Morgan fingerprint density at radius 3 is 2.76 bits per heavy atom. The molecular weight excluding hydrogens is 368 g/mol. The molecule has 8 nitrogen and oxygen atoms in total. The highest BCUT2D eigenvalue weighted by Crippen LogP contribution is 2.24. The van der Waals surface area contributed by atoms with E-state index in [0.29, 0.717) is 24.8 Å². The molecule has 4 N–H and O–H groups in total. The number of hydrogen-bond donors (Lipinski definition) is 3. The number of nitrogens with two attached hydrogens (primary N) is 1. The number of hydrogen-bond acceptors (Lipinski definition) is 7. The molecule has 1 fully saturated rings. The number of amides is 1. The zero-order chi connectivity index (χ0) is 20.9. The van der Waals surface area contributed by atoms with Crippen LogP contribution in [0.3, 0.4) is 0 Å². The van der Waals surface area contributed by atoms with Crippen LogP contribution >= 0.6 is 0 Å². The fourth-order valence-corrected chi connectivity index (χ4v) is 3.24. The Morgan fingerprint density at radius 2 is 2.03 bits per heavy atom. The van der Waals surface area contributed by atoms with Gasteiger partial charge in [0.15, 0.2) is 0 Å². The quantitative estimate of drug-likeness (QED) is 0.687. The van der Waals surface area contributed by atoms with Crippen molar-refractivity contribution in [2.45, 2.75) is 39.3 Å². The van der Waals surface area contributed by atoms with Gasteiger partial charge in [0.2, 0.25) is 5.95 Å². The second-order valence-corrected chi connectivity index (χ2v) is 8.29. The van der Waals surface area contributed by atoms with Crippen molar-refractivity contribution in [3.8, 4) is 0 Å². The van der Waals surface area contributed by atoms with Crippen LogP contribution in [0.5, 0.6) is 0 Å². The van der Waals surface area contributed by atoms with Gasteiger partial charge < -0.3 is 26.0 Å². The average molecular weight is 399 g/mol. The van der Waals surface area contributed by atoms with Crippen LogP contribution in [0.2, 0.25) is 0 Å². The third-order valence-corrected chi connectivity index (χ3v) is 4.59. The summed E-state index contributed by atoms with van der Waals surface area (Å²) in [5, 5.41) is 6.16. The number of nitrogen functional groups attached to an aromatic ring is 1. The van der Waals surface area contributed by atoms with Crippen LogP contribution in [-0.4, -0.2) is 41.3 Å². The molecule has 0 bridgehead atoms. The van der Waals surface area contributed by atoms with Crippen molar-refractivity contribution in [3.05, 3.63) is 42.0 Å². The fourth-order valence-electron chi connectivity index (χ4n) is 3.24. The number of nitrogens with one attached hydrogen (secondary N) is 2. The molecule has 0 radical (unpaired) electrons. The lowest BCUT2D eigenvalue weighted by molar-refractivity contribution is 0.0520. The number of ether oxygens (including phenoxy) is 1. The summed E-state index contributed by atoms with van der Waals surface area (Å²) in [4.78, 5) is 22.7. The molecule has 0 aliphatic carbocycles. The Kier molecular flexibility index (Phi) is 6.41. The SMILES string of the molecule is CC(C)(C)OC(=O)NC[C@H]1CCN(c2cc(NCc3ccccc3)nc(N)n2)C1. The predicted molar refractivity (Wildman–Crippen MR) is 115 cm³/mol. The number of aromatic nitrogens is 2. The van der Waals surface area contributed by atoms with Gasteiger partial charge >= 0.3 is 6.09 Å². The Morgan fingerprint density at radius 1 is 1.28 bits per heavy atom. The van der Waals surface area contributed by atoms with E-state index in [2.05, 4.69) is 37.6 Å². The summed E-state index contributed by atoms with van der Waals surface area (Å²) in [7, 11) is 0. The van der Waals surface area contributed by atoms with Crippen LogP contribution < -0.4 is 21.3 Å². The Labute approximate surface area is 171 Å². The highest BCUT2D eigenvalue weighted by molar-refractivity contribution is 5.67. The van der Waals surface area contributed by atoms with Crippen molar-refractivity contribution in [3.63, 3.8) is 0 Å². The first-order valence-corrected chi connectivity index (χ1v) is 9.92. The van der Waals surface area contributed by atoms with Gasteiger partial charge in [-0.25, -0.2) is 4.79 Å². The van der Waals surface area contributed by atoms with Crippen LogP contribution in [0.25, 0.3) is 0 Å². The molecule has 29 heavy (non-hydrogen) atoms. The van der Waals surface area contributed by atoms with E-state index in [4.69, 9.17) is 10.5 Å². The lowest BCUT2D eigenvalue weighted by atomic mass is 10.1. The molecule has 1 aliphatic rings. The molecule has 1 saturated heterocycles. The molecule has 2 heterocycles. The number of benzene rings is 1. The van der Waals surface area contributed by atoms with E-state index in [-0.39, 0.29) is 12.0 Å². The maximum absolute atomic E-state index is 11.9. The average Bonchev–Trinajstić information content (AvgIpc) is 3.13. The van der Waals surface area contributed by atoms with Gasteiger partial charge in [-0.3, -0.25) is 0 Å². The minimum absolute atomic E-state index is 0.244. The van der Waals surface area contributed by atoms with Crippen molar-refractivity contribution in [1.82, 2.24) is 15.3 Å². The third-order valence-electron chi connectivity index (χ3n) is 4.59. The molecular formula is C21H30N6O2. The highest BCUT2D eigenvalue weighted by atomic mass is 16.6. The van der Waals surface area contributed by atoms with Crippen LogP contribution in [0, 0.1) is 5.92 Å². The second-order valence-electron chi connectivity index (χ2n) is 8.29. The van der Waals surface area contributed by atoms with Gasteiger partial charge in [-0.15, -0.1) is 0 Å². The predicted octanol–water partition coefficient (Wildman–Crippen LogP) is 3.02. The summed E-state index contributed by atoms with van der Waals surface area (Å²) >= 11 is 0. The van der Waals surface area contributed by atoms with Crippen molar-refractivity contribution < 1.29 is 9.53 Å². The minimum atomic E-state index is -0.493. The van der Waals surface area contributed by atoms with Gasteiger partial charge in [0.05, 0.1) is 0 Å². The second kappa shape index (κ2) is 8.98. The number of anilines is 3. The van der Waals surface area contributed by atoms with Crippen LogP contribution in [0.4, 0.5) is 22.4 Å². The Bertz CT molecular complexity index is 822. The summed E-state index contributed by atoms with van der Waals surface area (Å²) in [5.41, 5.74) is 6.60.